The van der Waals surface area contributed by atoms with Crippen LogP contribution < -0.4 is 15.4 Å². The zero-order chi connectivity index (χ0) is 20.2. The lowest BCUT2D eigenvalue weighted by Crippen LogP contribution is -2.39. The Kier molecular flexibility index (Phi) is 12.4. The highest BCUT2D eigenvalue weighted by Gasteiger charge is 2.11. The van der Waals surface area contributed by atoms with E-state index in [2.05, 4.69) is 47.7 Å². The molecule has 2 rings (SSSR count). The third kappa shape index (κ3) is 8.62. The minimum Gasteiger partial charge on any atom is -0.496 e. The topological polar surface area (TPSA) is 54.9 Å². The molecule has 0 aromatic heterocycles. The molecule has 5 nitrogen and oxygen atoms in total. The molecule has 160 valence electrons. The highest BCUT2D eigenvalue weighted by atomic mass is 127. The summed E-state index contributed by atoms with van der Waals surface area (Å²) >= 11 is 0. The molecular formula is C23H34IN3O2. The van der Waals surface area contributed by atoms with E-state index in [1.54, 1.807) is 14.2 Å². The molecule has 6 heteroatoms. The van der Waals surface area contributed by atoms with E-state index < -0.39 is 0 Å². The van der Waals surface area contributed by atoms with E-state index >= 15 is 0 Å². The van der Waals surface area contributed by atoms with Gasteiger partial charge in [-0.25, -0.2) is 0 Å². The van der Waals surface area contributed by atoms with E-state index in [9.17, 15) is 0 Å². The van der Waals surface area contributed by atoms with Gasteiger partial charge in [-0.1, -0.05) is 55.5 Å². The molecule has 29 heavy (non-hydrogen) atoms. The number of methoxy groups -OCH3 is 1. The number of rotatable bonds is 10. The van der Waals surface area contributed by atoms with Gasteiger partial charge in [0.05, 0.1) is 13.2 Å². The van der Waals surface area contributed by atoms with Crippen molar-refractivity contribution >= 4 is 29.9 Å². The molecule has 0 radical (unpaired) electrons. The van der Waals surface area contributed by atoms with Crippen molar-refractivity contribution in [2.24, 2.45) is 4.99 Å². The number of benzene rings is 2. The molecule has 0 fully saturated rings. The third-order valence-electron chi connectivity index (χ3n) is 4.72. The molecule has 0 amide bonds. The second-order valence-corrected chi connectivity index (χ2v) is 6.80. The van der Waals surface area contributed by atoms with Gasteiger partial charge in [-0.2, -0.15) is 0 Å². The van der Waals surface area contributed by atoms with E-state index in [4.69, 9.17) is 9.47 Å². The quantitative estimate of drug-likeness (QED) is 0.209. The summed E-state index contributed by atoms with van der Waals surface area (Å²) < 4.78 is 11.4. The summed E-state index contributed by atoms with van der Waals surface area (Å²) in [6, 6.07) is 18.4. The van der Waals surface area contributed by atoms with Crippen LogP contribution in [-0.4, -0.2) is 39.8 Å². The fraction of sp³-hybridized carbons (Fsp3) is 0.435. The van der Waals surface area contributed by atoms with Gasteiger partial charge in [-0.15, -0.1) is 24.0 Å². The summed E-state index contributed by atoms with van der Waals surface area (Å²) in [5.74, 6) is 2.03. The first-order valence-corrected chi connectivity index (χ1v) is 9.89. The molecule has 0 aliphatic heterocycles. The van der Waals surface area contributed by atoms with Crippen molar-refractivity contribution in [2.45, 2.75) is 32.3 Å². The first-order chi connectivity index (χ1) is 13.7. The molecule has 0 saturated heterocycles. The van der Waals surface area contributed by atoms with Gasteiger partial charge in [0.15, 0.2) is 5.96 Å². The number of halogens is 1. The number of aliphatic imine (C=N–C) groups is 1. The summed E-state index contributed by atoms with van der Waals surface area (Å²) in [5, 5.41) is 6.73. The summed E-state index contributed by atoms with van der Waals surface area (Å²) in [7, 11) is 3.50. The first-order valence-electron chi connectivity index (χ1n) is 9.89. The second-order valence-electron chi connectivity index (χ2n) is 6.80. The maximum absolute atomic E-state index is 5.91. The first kappa shape index (κ1) is 25.2. The molecular weight excluding hydrogens is 477 g/mol. The van der Waals surface area contributed by atoms with Crippen molar-refractivity contribution in [3.8, 4) is 5.75 Å². The molecule has 2 aromatic rings. The van der Waals surface area contributed by atoms with Crippen LogP contribution >= 0.6 is 24.0 Å². The predicted molar refractivity (Wildman–Crippen MR) is 132 cm³/mol. The van der Waals surface area contributed by atoms with Crippen molar-refractivity contribution in [2.75, 3.05) is 33.9 Å². The zero-order valence-electron chi connectivity index (χ0n) is 17.9. The van der Waals surface area contributed by atoms with E-state index in [-0.39, 0.29) is 30.1 Å². The van der Waals surface area contributed by atoms with Gasteiger partial charge in [0.1, 0.15) is 5.75 Å². The molecule has 0 spiro atoms. The van der Waals surface area contributed by atoms with E-state index in [0.29, 0.717) is 12.5 Å². The van der Waals surface area contributed by atoms with E-state index in [1.807, 2.05) is 36.4 Å². The fourth-order valence-corrected chi connectivity index (χ4v) is 3.01. The Labute approximate surface area is 192 Å². The number of hydrogen-bond acceptors (Lipinski definition) is 3. The van der Waals surface area contributed by atoms with Crippen LogP contribution in [0.15, 0.2) is 59.6 Å². The average Bonchev–Trinajstić information content (AvgIpc) is 2.75. The second kappa shape index (κ2) is 14.2. The smallest absolute Gasteiger partial charge is 0.190 e. The highest BCUT2D eigenvalue weighted by molar-refractivity contribution is 14.0. The summed E-state index contributed by atoms with van der Waals surface area (Å²) in [6.45, 7) is 6.56. The Balaban J connectivity index is 0.00000420. The van der Waals surface area contributed by atoms with Gasteiger partial charge < -0.3 is 20.1 Å². The SMILES string of the molecule is CN=C(NCCCOC(C)c1ccccc1)NCC(C)c1ccccc1OC.I. The van der Waals surface area contributed by atoms with Crippen LogP contribution in [0.4, 0.5) is 0 Å². The van der Waals surface area contributed by atoms with Crippen LogP contribution in [0.2, 0.25) is 0 Å². The van der Waals surface area contributed by atoms with Crippen molar-refractivity contribution in [3.05, 3.63) is 65.7 Å². The largest absolute Gasteiger partial charge is 0.496 e. The molecule has 2 aromatic carbocycles. The lowest BCUT2D eigenvalue weighted by molar-refractivity contribution is 0.0646. The van der Waals surface area contributed by atoms with Crippen LogP contribution in [0, 0.1) is 0 Å². The summed E-state index contributed by atoms with van der Waals surface area (Å²) in [4.78, 5) is 4.30. The lowest BCUT2D eigenvalue weighted by Gasteiger charge is -2.18. The van der Waals surface area contributed by atoms with Crippen LogP contribution in [0.5, 0.6) is 5.75 Å². The standard InChI is InChI=1S/C23H33N3O2.HI/c1-18(21-13-8-9-14-22(21)27-4)17-26-23(24-3)25-15-10-16-28-19(2)20-11-6-5-7-12-20;/h5-9,11-14,18-19H,10,15-17H2,1-4H3,(H2,24,25,26);1H. The molecule has 2 N–H and O–H groups in total. The summed E-state index contributed by atoms with van der Waals surface area (Å²) in [6.07, 6.45) is 1.03. The molecule has 0 heterocycles. The maximum atomic E-state index is 5.91. The molecule has 0 saturated carbocycles. The number of nitrogens with zero attached hydrogens (tertiary/aromatic N) is 1. The predicted octanol–water partition coefficient (Wildman–Crippen LogP) is 4.75. The Bertz CT molecular complexity index is 725. The molecule has 0 aliphatic carbocycles. The van der Waals surface area contributed by atoms with Crippen LogP contribution in [0.25, 0.3) is 0 Å². The average molecular weight is 511 g/mol. The molecule has 0 aliphatic rings. The van der Waals surface area contributed by atoms with Gasteiger partial charge in [-0.05, 0) is 30.5 Å². The third-order valence-corrected chi connectivity index (χ3v) is 4.72. The molecule has 2 atom stereocenters. The van der Waals surface area contributed by atoms with Gasteiger partial charge in [0, 0.05) is 32.7 Å². The minimum absolute atomic E-state index is 0. The number of para-hydroxylation sites is 1. The van der Waals surface area contributed by atoms with Gasteiger partial charge in [-0.3, -0.25) is 4.99 Å². The maximum Gasteiger partial charge on any atom is 0.190 e. The Morgan fingerprint density at radius 1 is 1.00 bits per heavy atom. The number of nitrogens with one attached hydrogen (secondary N) is 2. The van der Waals surface area contributed by atoms with E-state index in [1.165, 1.54) is 11.1 Å². The lowest BCUT2D eigenvalue weighted by atomic mass is 10.0. The Morgan fingerprint density at radius 3 is 2.38 bits per heavy atom. The van der Waals surface area contributed by atoms with Gasteiger partial charge in [0.25, 0.3) is 0 Å². The van der Waals surface area contributed by atoms with Gasteiger partial charge in [0.2, 0.25) is 0 Å². The normalized spacial score (nSPS) is 13.2. The summed E-state index contributed by atoms with van der Waals surface area (Å²) in [5.41, 5.74) is 2.40. The molecule has 2 unspecified atom stereocenters. The van der Waals surface area contributed by atoms with Crippen LogP contribution in [0.1, 0.15) is 43.4 Å². The number of guanidine groups is 1. The van der Waals surface area contributed by atoms with Crippen LogP contribution in [0.3, 0.4) is 0 Å². The Morgan fingerprint density at radius 2 is 1.69 bits per heavy atom. The fourth-order valence-electron chi connectivity index (χ4n) is 3.01. The van der Waals surface area contributed by atoms with Crippen LogP contribution in [-0.2, 0) is 4.74 Å². The van der Waals surface area contributed by atoms with E-state index in [0.717, 1.165) is 31.2 Å². The van der Waals surface area contributed by atoms with Crippen molar-refractivity contribution < 1.29 is 9.47 Å². The number of ether oxygens (including phenoxy) is 2. The monoisotopic (exact) mass is 511 g/mol. The van der Waals surface area contributed by atoms with Crippen molar-refractivity contribution in [3.63, 3.8) is 0 Å². The molecule has 0 bridgehead atoms. The highest BCUT2D eigenvalue weighted by Crippen LogP contribution is 2.25. The van der Waals surface area contributed by atoms with Crippen molar-refractivity contribution in [1.82, 2.24) is 10.6 Å². The minimum atomic E-state index is 0. The van der Waals surface area contributed by atoms with Crippen molar-refractivity contribution in [1.29, 1.82) is 0 Å². The Hall–Kier alpha value is -1.80. The number of hydrogen-bond donors (Lipinski definition) is 2. The van der Waals surface area contributed by atoms with Gasteiger partial charge >= 0.3 is 0 Å². The zero-order valence-corrected chi connectivity index (χ0v) is 20.2.